The Labute approximate surface area is 88.9 Å². The average molecular weight is 201 g/mol. The van der Waals surface area contributed by atoms with Crippen LogP contribution in [0.25, 0.3) is 5.65 Å². The number of imidazole rings is 1. The van der Waals surface area contributed by atoms with Crippen LogP contribution in [0.3, 0.4) is 0 Å². The fourth-order valence-electron chi connectivity index (χ4n) is 2.09. The summed E-state index contributed by atoms with van der Waals surface area (Å²) in [5, 5.41) is 0. The largest absolute Gasteiger partial charge is 0.325 e. The van der Waals surface area contributed by atoms with Gasteiger partial charge in [0, 0.05) is 18.9 Å². The smallest absolute Gasteiger partial charge is 0.140 e. The summed E-state index contributed by atoms with van der Waals surface area (Å²) in [6.07, 6.45) is 6.91. The molecule has 3 nitrogen and oxygen atoms in total. The van der Waals surface area contributed by atoms with Gasteiger partial charge in [-0.3, -0.25) is 0 Å². The summed E-state index contributed by atoms with van der Waals surface area (Å²) in [7, 11) is 0. The SMILES string of the molecule is Cc1cc(C2CC2)cn2cc(CN)nc12. The summed E-state index contributed by atoms with van der Waals surface area (Å²) in [4.78, 5) is 4.49. The van der Waals surface area contributed by atoms with Gasteiger partial charge in [0.1, 0.15) is 5.65 Å². The predicted octanol–water partition coefficient (Wildman–Crippen LogP) is 1.98. The van der Waals surface area contributed by atoms with Crippen LogP contribution < -0.4 is 5.73 Å². The fourth-order valence-corrected chi connectivity index (χ4v) is 2.09. The lowest BCUT2D eigenvalue weighted by Crippen LogP contribution is -1.95. The maximum absolute atomic E-state index is 5.60. The number of fused-ring (bicyclic) bond motifs is 1. The van der Waals surface area contributed by atoms with Crippen LogP contribution in [0.5, 0.6) is 0 Å². The minimum atomic E-state index is 0.514. The Morgan fingerprint density at radius 1 is 1.47 bits per heavy atom. The zero-order valence-corrected chi connectivity index (χ0v) is 8.90. The van der Waals surface area contributed by atoms with E-state index in [1.54, 1.807) is 0 Å². The number of hydrogen-bond donors (Lipinski definition) is 1. The van der Waals surface area contributed by atoms with Crippen LogP contribution in [0.1, 0.15) is 35.6 Å². The number of nitrogens with zero attached hydrogens (tertiary/aromatic N) is 2. The number of aromatic nitrogens is 2. The Kier molecular flexibility index (Phi) is 1.83. The highest BCUT2D eigenvalue weighted by Crippen LogP contribution is 2.40. The zero-order valence-electron chi connectivity index (χ0n) is 8.90. The van der Waals surface area contributed by atoms with Crippen molar-refractivity contribution in [3.8, 4) is 0 Å². The Hall–Kier alpha value is -1.35. The first-order chi connectivity index (χ1) is 7.28. The molecule has 0 aliphatic heterocycles. The Morgan fingerprint density at radius 3 is 2.93 bits per heavy atom. The van der Waals surface area contributed by atoms with Gasteiger partial charge >= 0.3 is 0 Å². The Morgan fingerprint density at radius 2 is 2.27 bits per heavy atom. The van der Waals surface area contributed by atoms with Gasteiger partial charge < -0.3 is 10.1 Å². The van der Waals surface area contributed by atoms with Gasteiger partial charge in [0.2, 0.25) is 0 Å². The molecule has 0 amide bonds. The van der Waals surface area contributed by atoms with Crippen molar-refractivity contribution in [2.45, 2.75) is 32.2 Å². The molecule has 2 aromatic heterocycles. The van der Waals surface area contributed by atoms with Gasteiger partial charge in [-0.2, -0.15) is 0 Å². The summed E-state index contributed by atoms with van der Waals surface area (Å²) in [5.41, 5.74) is 10.3. The number of rotatable bonds is 2. The molecule has 1 fully saturated rings. The van der Waals surface area contributed by atoms with Gasteiger partial charge in [-0.1, -0.05) is 6.07 Å². The maximum Gasteiger partial charge on any atom is 0.140 e. The highest BCUT2D eigenvalue weighted by Gasteiger charge is 2.24. The van der Waals surface area contributed by atoms with Gasteiger partial charge in [0.15, 0.2) is 0 Å². The molecular formula is C12H15N3. The molecule has 1 saturated carbocycles. The second-order valence-corrected chi connectivity index (χ2v) is 4.40. The van der Waals surface area contributed by atoms with E-state index < -0.39 is 0 Å². The van der Waals surface area contributed by atoms with Crippen LogP contribution in [-0.4, -0.2) is 9.38 Å². The van der Waals surface area contributed by atoms with Crippen molar-refractivity contribution in [1.29, 1.82) is 0 Å². The molecule has 0 aromatic carbocycles. The predicted molar refractivity (Wildman–Crippen MR) is 59.8 cm³/mol. The summed E-state index contributed by atoms with van der Waals surface area (Å²) in [6.45, 7) is 2.63. The first-order valence-electron chi connectivity index (χ1n) is 5.46. The van der Waals surface area contributed by atoms with Crippen molar-refractivity contribution >= 4 is 5.65 Å². The third-order valence-electron chi connectivity index (χ3n) is 3.06. The third-order valence-corrected chi connectivity index (χ3v) is 3.06. The number of aryl methyl sites for hydroxylation is 1. The number of pyridine rings is 1. The Balaban J connectivity index is 2.20. The van der Waals surface area contributed by atoms with E-state index in [0.717, 1.165) is 17.3 Å². The van der Waals surface area contributed by atoms with E-state index in [9.17, 15) is 0 Å². The first kappa shape index (κ1) is 8.92. The quantitative estimate of drug-likeness (QED) is 0.807. The van der Waals surface area contributed by atoms with E-state index in [0.29, 0.717) is 6.54 Å². The van der Waals surface area contributed by atoms with E-state index in [-0.39, 0.29) is 0 Å². The molecule has 1 aliphatic carbocycles. The Bertz CT molecular complexity index is 509. The van der Waals surface area contributed by atoms with E-state index in [1.165, 1.54) is 24.0 Å². The van der Waals surface area contributed by atoms with Gasteiger partial charge in [-0.15, -0.1) is 0 Å². The molecule has 0 atom stereocenters. The minimum Gasteiger partial charge on any atom is -0.325 e. The second kappa shape index (κ2) is 3.07. The minimum absolute atomic E-state index is 0.514. The van der Waals surface area contributed by atoms with Crippen LogP contribution in [-0.2, 0) is 6.54 Å². The van der Waals surface area contributed by atoms with Gasteiger partial charge in [-0.25, -0.2) is 4.98 Å². The van der Waals surface area contributed by atoms with Gasteiger partial charge in [-0.05, 0) is 36.8 Å². The summed E-state index contributed by atoms with van der Waals surface area (Å²) >= 11 is 0. The maximum atomic E-state index is 5.60. The van der Waals surface area contributed by atoms with Gasteiger partial charge in [0.05, 0.1) is 5.69 Å². The van der Waals surface area contributed by atoms with Crippen molar-refractivity contribution in [1.82, 2.24) is 9.38 Å². The average Bonchev–Trinajstić information content (AvgIpc) is 2.98. The second-order valence-electron chi connectivity index (χ2n) is 4.40. The molecular weight excluding hydrogens is 186 g/mol. The van der Waals surface area contributed by atoms with Crippen LogP contribution in [0.2, 0.25) is 0 Å². The molecule has 3 heteroatoms. The lowest BCUT2D eigenvalue weighted by molar-refractivity contribution is 1.01. The third kappa shape index (κ3) is 1.43. The van der Waals surface area contributed by atoms with Crippen LogP contribution in [0.4, 0.5) is 0 Å². The fraction of sp³-hybridized carbons (Fsp3) is 0.417. The molecule has 2 N–H and O–H groups in total. The van der Waals surface area contributed by atoms with Crippen LogP contribution >= 0.6 is 0 Å². The van der Waals surface area contributed by atoms with Crippen LogP contribution in [0, 0.1) is 6.92 Å². The van der Waals surface area contributed by atoms with Crippen molar-refractivity contribution < 1.29 is 0 Å². The van der Waals surface area contributed by atoms with Crippen molar-refractivity contribution in [3.63, 3.8) is 0 Å². The lowest BCUT2D eigenvalue weighted by atomic mass is 10.1. The normalized spacial score (nSPS) is 16.1. The molecule has 0 saturated heterocycles. The zero-order chi connectivity index (χ0) is 10.4. The molecule has 0 unspecified atom stereocenters. The lowest BCUT2D eigenvalue weighted by Gasteiger charge is -2.02. The summed E-state index contributed by atoms with van der Waals surface area (Å²) in [5.74, 6) is 0.789. The first-order valence-corrected chi connectivity index (χ1v) is 5.46. The standard InChI is InChI=1S/C12H15N3/c1-8-4-10(9-2-3-9)6-15-7-11(5-13)14-12(8)15/h4,6-7,9H,2-3,5,13H2,1H3. The molecule has 2 heterocycles. The van der Waals surface area contributed by atoms with Crippen molar-refractivity contribution in [2.24, 2.45) is 5.73 Å². The molecule has 0 spiro atoms. The topological polar surface area (TPSA) is 43.3 Å². The molecule has 78 valence electrons. The van der Waals surface area contributed by atoms with E-state index in [1.807, 2.05) is 6.20 Å². The molecule has 3 rings (SSSR count). The molecule has 2 aromatic rings. The van der Waals surface area contributed by atoms with E-state index >= 15 is 0 Å². The summed E-state index contributed by atoms with van der Waals surface area (Å²) < 4.78 is 2.12. The van der Waals surface area contributed by atoms with Crippen LogP contribution in [0.15, 0.2) is 18.5 Å². The molecule has 0 bridgehead atoms. The molecule has 0 radical (unpaired) electrons. The molecule has 15 heavy (non-hydrogen) atoms. The molecule has 1 aliphatic rings. The summed E-state index contributed by atoms with van der Waals surface area (Å²) in [6, 6.07) is 2.26. The highest BCUT2D eigenvalue weighted by atomic mass is 15.0. The number of hydrogen-bond acceptors (Lipinski definition) is 2. The monoisotopic (exact) mass is 201 g/mol. The van der Waals surface area contributed by atoms with Crippen molar-refractivity contribution in [2.75, 3.05) is 0 Å². The van der Waals surface area contributed by atoms with E-state index in [4.69, 9.17) is 5.73 Å². The highest BCUT2D eigenvalue weighted by molar-refractivity contribution is 5.50. The van der Waals surface area contributed by atoms with E-state index in [2.05, 4.69) is 28.6 Å². The van der Waals surface area contributed by atoms with Gasteiger partial charge in [0.25, 0.3) is 0 Å². The number of nitrogens with two attached hydrogens (primary N) is 1. The van der Waals surface area contributed by atoms with Crippen molar-refractivity contribution in [3.05, 3.63) is 35.3 Å².